The molecule has 3 heterocycles. The standard InChI is InChI=1S/C10H12N2OS/c1-6-7(2)14-10-11-8-3-4-13-5-9(8)12(6)10/h3-5H2,1-2H3. The summed E-state index contributed by atoms with van der Waals surface area (Å²) in [6, 6.07) is 0. The number of thiazole rings is 1. The van der Waals surface area contributed by atoms with Crippen molar-refractivity contribution in [2.24, 2.45) is 0 Å². The van der Waals surface area contributed by atoms with Crippen LogP contribution < -0.4 is 0 Å². The molecule has 0 radical (unpaired) electrons. The number of nitrogens with zero attached hydrogens (tertiary/aromatic N) is 2. The van der Waals surface area contributed by atoms with Gasteiger partial charge in [0.05, 0.1) is 24.6 Å². The second-order valence-corrected chi connectivity index (χ2v) is 4.85. The highest BCUT2D eigenvalue weighted by Gasteiger charge is 2.19. The topological polar surface area (TPSA) is 26.5 Å². The molecular formula is C10H12N2OS. The Labute approximate surface area is 86.3 Å². The van der Waals surface area contributed by atoms with Crippen LogP contribution in [-0.4, -0.2) is 16.0 Å². The minimum absolute atomic E-state index is 0.716. The van der Waals surface area contributed by atoms with Gasteiger partial charge < -0.3 is 4.74 Å². The van der Waals surface area contributed by atoms with E-state index in [1.165, 1.54) is 22.0 Å². The van der Waals surface area contributed by atoms with E-state index in [9.17, 15) is 0 Å². The molecule has 3 nitrogen and oxygen atoms in total. The van der Waals surface area contributed by atoms with Crippen molar-refractivity contribution in [2.45, 2.75) is 26.9 Å². The van der Waals surface area contributed by atoms with Gasteiger partial charge in [-0.15, -0.1) is 11.3 Å². The minimum Gasteiger partial charge on any atom is -0.375 e. The van der Waals surface area contributed by atoms with Gasteiger partial charge in [0.25, 0.3) is 0 Å². The van der Waals surface area contributed by atoms with Crippen LogP contribution in [0.25, 0.3) is 4.96 Å². The summed E-state index contributed by atoms with van der Waals surface area (Å²) in [5, 5.41) is 0. The number of imidazole rings is 1. The average Bonchev–Trinajstić information content (AvgIpc) is 2.65. The predicted molar refractivity (Wildman–Crippen MR) is 55.9 cm³/mol. The summed E-state index contributed by atoms with van der Waals surface area (Å²) in [5.74, 6) is 0. The molecule has 0 saturated carbocycles. The summed E-state index contributed by atoms with van der Waals surface area (Å²) in [5.41, 5.74) is 3.79. The third-order valence-corrected chi connectivity index (χ3v) is 3.89. The van der Waals surface area contributed by atoms with E-state index >= 15 is 0 Å². The molecule has 2 aromatic rings. The lowest BCUT2D eigenvalue weighted by Crippen LogP contribution is -2.11. The van der Waals surface area contributed by atoms with E-state index in [-0.39, 0.29) is 0 Å². The van der Waals surface area contributed by atoms with Gasteiger partial charge in [-0.25, -0.2) is 4.98 Å². The normalized spacial score (nSPS) is 16.1. The summed E-state index contributed by atoms with van der Waals surface area (Å²) >= 11 is 1.77. The van der Waals surface area contributed by atoms with Gasteiger partial charge in [-0.05, 0) is 13.8 Å². The van der Waals surface area contributed by atoms with Gasteiger partial charge >= 0.3 is 0 Å². The highest BCUT2D eigenvalue weighted by atomic mass is 32.1. The van der Waals surface area contributed by atoms with Crippen LogP contribution in [0.1, 0.15) is 22.0 Å². The number of hydrogen-bond donors (Lipinski definition) is 0. The molecule has 0 N–H and O–H groups in total. The number of ether oxygens (including phenoxy) is 1. The van der Waals surface area contributed by atoms with Crippen LogP contribution in [0.2, 0.25) is 0 Å². The van der Waals surface area contributed by atoms with Gasteiger partial charge in [0, 0.05) is 17.0 Å². The van der Waals surface area contributed by atoms with Gasteiger partial charge in [-0.2, -0.15) is 0 Å². The minimum atomic E-state index is 0.716. The van der Waals surface area contributed by atoms with Crippen molar-refractivity contribution in [1.82, 2.24) is 9.38 Å². The molecule has 0 atom stereocenters. The largest absolute Gasteiger partial charge is 0.375 e. The molecule has 0 fully saturated rings. The summed E-state index contributed by atoms with van der Waals surface area (Å²) in [6.45, 7) is 5.82. The van der Waals surface area contributed by atoms with E-state index in [1.54, 1.807) is 11.3 Å². The first kappa shape index (κ1) is 8.44. The van der Waals surface area contributed by atoms with Gasteiger partial charge in [-0.1, -0.05) is 0 Å². The molecular weight excluding hydrogens is 196 g/mol. The third-order valence-electron chi connectivity index (χ3n) is 2.84. The monoisotopic (exact) mass is 208 g/mol. The second-order valence-electron chi connectivity index (χ2n) is 3.67. The average molecular weight is 208 g/mol. The van der Waals surface area contributed by atoms with E-state index in [1.807, 2.05) is 0 Å². The number of rotatable bonds is 0. The smallest absolute Gasteiger partial charge is 0.194 e. The van der Waals surface area contributed by atoms with Gasteiger partial charge in [0.15, 0.2) is 4.96 Å². The Hall–Kier alpha value is -0.870. The zero-order chi connectivity index (χ0) is 9.71. The molecule has 0 saturated heterocycles. The first-order chi connectivity index (χ1) is 6.77. The highest BCUT2D eigenvalue weighted by Crippen LogP contribution is 2.27. The molecule has 0 aromatic carbocycles. The SMILES string of the molecule is Cc1sc2nc3c(n2c1C)COCC3. The van der Waals surface area contributed by atoms with E-state index in [0.29, 0.717) is 6.61 Å². The van der Waals surface area contributed by atoms with Crippen molar-refractivity contribution in [3.63, 3.8) is 0 Å². The molecule has 2 aromatic heterocycles. The molecule has 0 spiro atoms. The van der Waals surface area contributed by atoms with E-state index in [4.69, 9.17) is 4.74 Å². The van der Waals surface area contributed by atoms with Crippen LogP contribution in [0.15, 0.2) is 0 Å². The van der Waals surface area contributed by atoms with Gasteiger partial charge in [0.2, 0.25) is 0 Å². The summed E-state index contributed by atoms with van der Waals surface area (Å²) in [4.78, 5) is 7.11. The summed E-state index contributed by atoms with van der Waals surface area (Å²) in [7, 11) is 0. The van der Waals surface area contributed by atoms with Crippen molar-refractivity contribution in [1.29, 1.82) is 0 Å². The Bertz CT molecular complexity index is 498. The molecule has 4 heteroatoms. The molecule has 0 aliphatic carbocycles. The van der Waals surface area contributed by atoms with Crippen molar-refractivity contribution in [2.75, 3.05) is 6.61 Å². The van der Waals surface area contributed by atoms with Crippen LogP contribution in [-0.2, 0) is 17.8 Å². The van der Waals surface area contributed by atoms with E-state index in [0.717, 1.165) is 18.0 Å². The quantitative estimate of drug-likeness (QED) is 0.662. The molecule has 74 valence electrons. The lowest BCUT2D eigenvalue weighted by atomic mass is 10.2. The fourth-order valence-electron chi connectivity index (χ4n) is 1.94. The van der Waals surface area contributed by atoms with Crippen LogP contribution >= 0.6 is 11.3 Å². The van der Waals surface area contributed by atoms with Crippen molar-refractivity contribution in [3.8, 4) is 0 Å². The van der Waals surface area contributed by atoms with Crippen LogP contribution in [0.4, 0.5) is 0 Å². The van der Waals surface area contributed by atoms with E-state index < -0.39 is 0 Å². The number of fused-ring (bicyclic) bond motifs is 3. The molecule has 0 bridgehead atoms. The maximum Gasteiger partial charge on any atom is 0.194 e. The Balaban J connectivity index is 2.36. The first-order valence-electron chi connectivity index (χ1n) is 4.81. The Morgan fingerprint density at radius 3 is 3.14 bits per heavy atom. The third kappa shape index (κ3) is 0.980. The molecule has 14 heavy (non-hydrogen) atoms. The number of aromatic nitrogens is 2. The number of aryl methyl sites for hydroxylation is 2. The van der Waals surface area contributed by atoms with E-state index in [2.05, 4.69) is 23.2 Å². The first-order valence-corrected chi connectivity index (χ1v) is 5.63. The maximum atomic E-state index is 5.47. The van der Waals surface area contributed by atoms with Crippen molar-refractivity contribution >= 4 is 16.3 Å². The maximum absolute atomic E-state index is 5.47. The van der Waals surface area contributed by atoms with Crippen LogP contribution in [0.5, 0.6) is 0 Å². The molecule has 3 rings (SSSR count). The Morgan fingerprint density at radius 2 is 2.29 bits per heavy atom. The van der Waals surface area contributed by atoms with Crippen molar-refractivity contribution < 1.29 is 4.74 Å². The lowest BCUT2D eigenvalue weighted by Gasteiger charge is -2.11. The zero-order valence-corrected chi connectivity index (χ0v) is 9.15. The lowest BCUT2D eigenvalue weighted by molar-refractivity contribution is 0.106. The molecule has 1 aliphatic heterocycles. The molecule has 0 amide bonds. The Morgan fingerprint density at radius 1 is 1.43 bits per heavy atom. The predicted octanol–water partition coefficient (Wildman–Crippen LogP) is 2.09. The summed E-state index contributed by atoms with van der Waals surface area (Å²) < 4.78 is 7.71. The van der Waals surface area contributed by atoms with Crippen molar-refractivity contribution in [3.05, 3.63) is 22.0 Å². The number of hydrogen-bond acceptors (Lipinski definition) is 3. The van der Waals surface area contributed by atoms with Gasteiger partial charge in [-0.3, -0.25) is 4.40 Å². The fraction of sp³-hybridized carbons (Fsp3) is 0.500. The summed E-state index contributed by atoms with van der Waals surface area (Å²) in [6.07, 6.45) is 0.961. The second kappa shape index (κ2) is 2.81. The van der Waals surface area contributed by atoms with Gasteiger partial charge in [0.1, 0.15) is 0 Å². The Kier molecular flexibility index (Phi) is 1.69. The van der Waals surface area contributed by atoms with Crippen LogP contribution in [0, 0.1) is 13.8 Å². The molecule has 0 unspecified atom stereocenters. The zero-order valence-electron chi connectivity index (χ0n) is 8.33. The fourth-order valence-corrected chi connectivity index (χ4v) is 2.95. The van der Waals surface area contributed by atoms with Crippen LogP contribution in [0.3, 0.4) is 0 Å². The highest BCUT2D eigenvalue weighted by molar-refractivity contribution is 7.17. The molecule has 1 aliphatic rings.